The average molecular weight is 662 g/mol. The first kappa shape index (κ1) is 33.4. The Morgan fingerprint density at radius 2 is 1.12 bits per heavy atom. The van der Waals surface area contributed by atoms with Gasteiger partial charge in [-0.15, -0.1) is 24.8 Å². The Labute approximate surface area is 259 Å². The van der Waals surface area contributed by atoms with Crippen molar-refractivity contribution >= 4 is 69.7 Å². The van der Waals surface area contributed by atoms with Crippen molar-refractivity contribution in [3.63, 3.8) is 0 Å². The molecule has 0 unspecified atom stereocenters. The van der Waals surface area contributed by atoms with Gasteiger partial charge in [0, 0.05) is 0 Å². The predicted molar refractivity (Wildman–Crippen MR) is 188 cm³/mol. The summed E-state index contributed by atoms with van der Waals surface area (Å²) in [4.78, 5) is 0. The molecule has 0 heterocycles. The number of fused-ring (bicyclic) bond motifs is 4. The van der Waals surface area contributed by atoms with Crippen LogP contribution in [-0.2, 0) is 14.4 Å². The van der Waals surface area contributed by atoms with Gasteiger partial charge in [-0.25, -0.2) is 0 Å². The summed E-state index contributed by atoms with van der Waals surface area (Å²) in [6.07, 6.45) is 0. The molecule has 4 aromatic rings. The normalized spacial score (nSPS) is 13.7. The van der Waals surface area contributed by atoms with Gasteiger partial charge in [0.05, 0.1) is 0 Å². The van der Waals surface area contributed by atoms with Gasteiger partial charge in [-0.1, -0.05) is 0 Å². The summed E-state index contributed by atoms with van der Waals surface area (Å²) >= 11 is -3.64. The molecule has 0 saturated carbocycles. The van der Waals surface area contributed by atoms with Gasteiger partial charge < -0.3 is 0 Å². The van der Waals surface area contributed by atoms with Crippen LogP contribution in [0.4, 0.5) is 0 Å². The van der Waals surface area contributed by atoms with Crippen molar-refractivity contribution in [2.24, 2.45) is 0 Å². The Kier molecular flexibility index (Phi) is 9.62. The SMILES string of the molecule is C[CH2][Ti](=[SiH2])([CH2]C)([O]c1ccc2ccccc2c1)[CH]1c2ccc([Si](C)(C)C)cc2-c2cc([Si](C)(C)C)ccc21.Cl.Cl. The van der Waals surface area contributed by atoms with Crippen LogP contribution >= 0.6 is 24.8 Å². The summed E-state index contributed by atoms with van der Waals surface area (Å²) in [6, 6.07) is 30.4. The molecular weight excluding hydrogens is 615 g/mol. The molecule has 214 valence electrons. The van der Waals surface area contributed by atoms with Gasteiger partial charge in [0.2, 0.25) is 0 Å². The molecule has 1 aliphatic carbocycles. The molecule has 0 saturated heterocycles. The summed E-state index contributed by atoms with van der Waals surface area (Å²) in [5, 5.41) is 5.63. The quantitative estimate of drug-likeness (QED) is 0.180. The molecule has 0 radical (unpaired) electrons. The van der Waals surface area contributed by atoms with Gasteiger partial charge in [-0.05, 0) is 0 Å². The van der Waals surface area contributed by atoms with Gasteiger partial charge in [-0.3, -0.25) is 0 Å². The molecule has 4 aromatic carbocycles. The van der Waals surface area contributed by atoms with E-state index in [-0.39, 0.29) is 24.8 Å². The molecule has 0 fully saturated rings. The fourth-order valence-corrected chi connectivity index (χ4v) is 18.3. The van der Waals surface area contributed by atoms with Crippen molar-refractivity contribution in [1.29, 1.82) is 0 Å². The third-order valence-electron chi connectivity index (χ3n) is 9.29. The first-order chi connectivity index (χ1) is 17.8. The fourth-order valence-electron chi connectivity index (χ4n) is 6.38. The van der Waals surface area contributed by atoms with E-state index in [0.717, 1.165) is 15.2 Å². The standard InChI is InChI=1S/C19H25Si2.C10H8O.2C2H5.2ClH.H2Si.Ti/c1-20(2,3)16-9-7-14-11-15-8-10-17(21(4,5)6)13-19(15)18(14)12-16;11-10-6-5-8-3-1-2-4-9(8)7-10;2*1-2;;;;/h7-13H,1-6H3;1-7,11H;2*1H2,2H3;2*1H;1H2;/q;;;;;;;+1/p-1. The third-order valence-corrected chi connectivity index (χ3v) is 29.6. The molecule has 0 spiro atoms. The van der Waals surface area contributed by atoms with Crippen LogP contribution in [0.25, 0.3) is 21.9 Å². The van der Waals surface area contributed by atoms with E-state index in [0.29, 0.717) is 4.22 Å². The van der Waals surface area contributed by atoms with E-state index >= 15 is 0 Å². The molecule has 40 heavy (non-hydrogen) atoms. The molecule has 0 amide bonds. The van der Waals surface area contributed by atoms with Crippen LogP contribution in [0.5, 0.6) is 5.75 Å². The van der Waals surface area contributed by atoms with Gasteiger partial charge >= 0.3 is 236 Å². The second-order valence-electron chi connectivity index (χ2n) is 13.8. The van der Waals surface area contributed by atoms with E-state index in [2.05, 4.69) is 140 Å². The van der Waals surface area contributed by atoms with Crippen molar-refractivity contribution < 1.29 is 17.7 Å². The molecule has 0 aromatic heterocycles. The summed E-state index contributed by atoms with van der Waals surface area (Å²) in [5.74, 6) is 1.05. The van der Waals surface area contributed by atoms with Crippen LogP contribution < -0.4 is 13.7 Å². The maximum atomic E-state index is 7.51. The largest absolute Gasteiger partial charge is 0.147 e. The Hall–Kier alpha value is -1.12. The summed E-state index contributed by atoms with van der Waals surface area (Å²) in [6.45, 7) is 19.6. The maximum absolute atomic E-state index is 7.51. The van der Waals surface area contributed by atoms with Crippen LogP contribution in [0.1, 0.15) is 29.2 Å². The minimum Gasteiger partial charge on any atom is -0.147 e. The Morgan fingerprint density at radius 3 is 1.57 bits per heavy atom. The van der Waals surface area contributed by atoms with E-state index in [1.807, 2.05) is 0 Å². The molecule has 1 aliphatic rings. The smallest absolute Gasteiger partial charge is 0.147 e. The first-order valence-electron chi connectivity index (χ1n) is 14.3. The summed E-state index contributed by atoms with van der Waals surface area (Å²) in [7, 11) is -0.602. The predicted octanol–water partition coefficient (Wildman–Crippen LogP) is 8.95. The molecule has 5 rings (SSSR count). The Bertz CT molecular complexity index is 1550. The average Bonchev–Trinajstić information content (AvgIpc) is 3.22. The van der Waals surface area contributed by atoms with Crippen LogP contribution in [0.3, 0.4) is 0 Å². The monoisotopic (exact) mass is 660 g/mol. The topological polar surface area (TPSA) is 9.23 Å². The number of halogens is 2. The van der Waals surface area contributed by atoms with Gasteiger partial charge in [0.1, 0.15) is 0 Å². The van der Waals surface area contributed by atoms with Crippen molar-refractivity contribution in [2.75, 3.05) is 0 Å². The second-order valence-corrected chi connectivity index (χ2v) is 40.3. The van der Waals surface area contributed by atoms with Gasteiger partial charge in [0.25, 0.3) is 0 Å². The third kappa shape index (κ3) is 5.75. The van der Waals surface area contributed by atoms with E-state index in [1.165, 1.54) is 33.0 Å². The van der Waals surface area contributed by atoms with Crippen LogP contribution in [0, 0.1) is 0 Å². The molecule has 0 atom stereocenters. The molecule has 7 heteroatoms. The number of rotatable bonds is 7. The summed E-state index contributed by atoms with van der Waals surface area (Å²) < 4.78 is 10.1. The van der Waals surface area contributed by atoms with Crippen LogP contribution in [0.2, 0.25) is 48.7 Å². The molecule has 1 nitrogen and oxygen atoms in total. The van der Waals surface area contributed by atoms with Crippen molar-refractivity contribution in [1.82, 2.24) is 0 Å². The number of hydrogen-bond acceptors (Lipinski definition) is 1. The van der Waals surface area contributed by atoms with Crippen LogP contribution in [0.15, 0.2) is 78.9 Å². The first-order valence-corrected chi connectivity index (χ1v) is 29.1. The van der Waals surface area contributed by atoms with Gasteiger partial charge in [0.15, 0.2) is 0 Å². The molecule has 0 N–H and O–H groups in total. The molecule has 0 bridgehead atoms. The maximum Gasteiger partial charge on any atom is -0.147 e. The van der Waals surface area contributed by atoms with E-state index in [9.17, 15) is 0 Å². The Balaban J connectivity index is 0.00000220. The zero-order valence-corrected chi connectivity index (χ0v) is 32.0. The second kappa shape index (κ2) is 11.5. The molecular formula is C33H46Cl2OSi3Ti. The van der Waals surface area contributed by atoms with Gasteiger partial charge in [-0.2, -0.15) is 0 Å². The number of benzene rings is 4. The van der Waals surface area contributed by atoms with Crippen molar-refractivity contribution in [3.05, 3.63) is 90.0 Å². The van der Waals surface area contributed by atoms with E-state index in [1.54, 1.807) is 10.4 Å². The zero-order chi connectivity index (χ0) is 27.5. The van der Waals surface area contributed by atoms with Crippen molar-refractivity contribution in [3.8, 4) is 16.9 Å². The van der Waals surface area contributed by atoms with Crippen molar-refractivity contribution in [2.45, 2.75) is 66.8 Å². The van der Waals surface area contributed by atoms with E-state index < -0.39 is 30.6 Å². The minimum atomic E-state index is -3.64. The van der Waals surface area contributed by atoms with Crippen LogP contribution in [-0.4, -0.2) is 23.8 Å². The summed E-state index contributed by atoms with van der Waals surface area (Å²) in [5.41, 5.74) is 6.00. The minimum absolute atomic E-state index is 0. The van der Waals surface area contributed by atoms with E-state index in [4.69, 9.17) is 3.32 Å². The zero-order valence-electron chi connectivity index (χ0n) is 25.4. The Morgan fingerprint density at radius 1 is 0.650 bits per heavy atom. The fraction of sp³-hybridized carbons (Fsp3) is 0.333. The number of hydrogen-bond donors (Lipinski definition) is 0. The molecule has 0 aliphatic heterocycles.